The molecule has 0 saturated heterocycles. The zero-order valence-corrected chi connectivity index (χ0v) is 16.8. The Morgan fingerprint density at radius 2 is 1.90 bits per heavy atom. The molecule has 29 heavy (non-hydrogen) atoms. The second-order valence-electron chi connectivity index (χ2n) is 6.33. The number of carbonyl (C=O) groups excluding carboxylic acids is 2. The van der Waals surface area contributed by atoms with Gasteiger partial charge in [-0.2, -0.15) is 0 Å². The van der Waals surface area contributed by atoms with E-state index < -0.39 is 0 Å². The van der Waals surface area contributed by atoms with Gasteiger partial charge in [-0.05, 0) is 41.8 Å². The molecule has 8 heteroatoms. The van der Waals surface area contributed by atoms with Crippen LogP contribution in [0.1, 0.15) is 20.0 Å². The Labute approximate surface area is 176 Å². The molecule has 0 radical (unpaired) electrons. The lowest BCUT2D eigenvalue weighted by molar-refractivity contribution is 0.0789. The number of ether oxygens (including phenoxy) is 2. The molecule has 2 N–H and O–H groups in total. The summed E-state index contributed by atoms with van der Waals surface area (Å²) in [7, 11) is 0. The number of thiophene rings is 1. The van der Waals surface area contributed by atoms with E-state index in [1.54, 1.807) is 30.3 Å². The molecule has 2 aromatic carbocycles. The summed E-state index contributed by atoms with van der Waals surface area (Å²) in [6.45, 7) is 0.632. The highest BCUT2D eigenvalue weighted by molar-refractivity contribution is 7.12. The van der Waals surface area contributed by atoms with Crippen molar-refractivity contribution in [1.29, 1.82) is 0 Å². The molecule has 4 rings (SSSR count). The molecule has 1 atom stereocenters. The Hall–Kier alpha value is -3.03. The molecule has 2 heterocycles. The lowest BCUT2D eigenvalue weighted by Gasteiger charge is -2.26. The van der Waals surface area contributed by atoms with Crippen molar-refractivity contribution in [2.24, 2.45) is 0 Å². The van der Waals surface area contributed by atoms with Gasteiger partial charge in [0.2, 0.25) is 0 Å². The van der Waals surface area contributed by atoms with Crippen LogP contribution in [0.4, 0.5) is 5.69 Å². The highest BCUT2D eigenvalue weighted by Crippen LogP contribution is 2.30. The number of hydrogen-bond donors (Lipinski definition) is 2. The first-order chi connectivity index (χ1) is 14.1. The van der Waals surface area contributed by atoms with E-state index in [-0.39, 0.29) is 24.5 Å². The van der Waals surface area contributed by atoms with Gasteiger partial charge < -0.3 is 20.1 Å². The maximum atomic E-state index is 12.5. The predicted molar refractivity (Wildman–Crippen MR) is 112 cm³/mol. The molecule has 0 bridgehead atoms. The van der Waals surface area contributed by atoms with E-state index >= 15 is 0 Å². The normalized spacial score (nSPS) is 14.9. The van der Waals surface area contributed by atoms with Gasteiger partial charge in [-0.25, -0.2) is 0 Å². The summed E-state index contributed by atoms with van der Waals surface area (Å²) < 4.78 is 11.5. The number of anilines is 1. The highest BCUT2D eigenvalue weighted by Gasteiger charge is 2.21. The molecule has 0 spiro atoms. The van der Waals surface area contributed by atoms with Crippen molar-refractivity contribution < 1.29 is 19.1 Å². The summed E-state index contributed by atoms with van der Waals surface area (Å²) in [6.07, 6.45) is -0.292. The number of carbonyl (C=O) groups is 2. The fourth-order valence-electron chi connectivity index (χ4n) is 2.83. The first-order valence-corrected chi connectivity index (χ1v) is 10.2. The topological polar surface area (TPSA) is 76.7 Å². The van der Waals surface area contributed by atoms with Gasteiger partial charge in [0, 0.05) is 5.56 Å². The van der Waals surface area contributed by atoms with Crippen LogP contribution in [0.5, 0.6) is 11.5 Å². The number of nitrogens with one attached hydrogen (secondary N) is 2. The molecular weight excluding hydrogens is 412 g/mol. The van der Waals surface area contributed by atoms with Crippen LogP contribution in [0.15, 0.2) is 60.0 Å². The number of fused-ring (bicyclic) bond motifs is 1. The van der Waals surface area contributed by atoms with E-state index in [1.807, 2.05) is 29.6 Å². The van der Waals surface area contributed by atoms with Gasteiger partial charge in [0.05, 0.1) is 22.1 Å². The van der Waals surface area contributed by atoms with Crippen LogP contribution in [-0.4, -0.2) is 31.1 Å². The lowest BCUT2D eigenvalue weighted by atomic mass is 10.1. The van der Waals surface area contributed by atoms with Crippen molar-refractivity contribution in [2.45, 2.75) is 6.10 Å². The van der Waals surface area contributed by atoms with E-state index in [2.05, 4.69) is 10.6 Å². The van der Waals surface area contributed by atoms with Crippen LogP contribution >= 0.6 is 22.9 Å². The van der Waals surface area contributed by atoms with Crippen molar-refractivity contribution in [1.82, 2.24) is 5.32 Å². The molecule has 2 amide bonds. The van der Waals surface area contributed by atoms with E-state index in [9.17, 15) is 9.59 Å². The quantitative estimate of drug-likeness (QED) is 0.637. The van der Waals surface area contributed by atoms with E-state index in [0.29, 0.717) is 39.3 Å². The predicted octanol–water partition coefficient (Wildman–Crippen LogP) is 4.22. The first-order valence-electron chi connectivity index (χ1n) is 8.91. The summed E-state index contributed by atoms with van der Waals surface area (Å²) in [6, 6.07) is 15.6. The number of hydrogen-bond acceptors (Lipinski definition) is 5. The van der Waals surface area contributed by atoms with Gasteiger partial charge in [-0.15, -0.1) is 11.3 Å². The fourth-order valence-corrected chi connectivity index (χ4v) is 3.61. The summed E-state index contributed by atoms with van der Waals surface area (Å²) in [4.78, 5) is 25.4. The molecule has 148 valence electrons. The molecule has 6 nitrogen and oxygen atoms in total. The maximum Gasteiger partial charge on any atom is 0.265 e. The third-order valence-corrected chi connectivity index (χ3v) is 5.48. The number of para-hydroxylation sites is 2. The molecule has 1 aliphatic heterocycles. The number of benzene rings is 2. The fraction of sp³-hybridized carbons (Fsp3) is 0.143. The Morgan fingerprint density at radius 1 is 1.07 bits per heavy atom. The van der Waals surface area contributed by atoms with Crippen LogP contribution < -0.4 is 20.1 Å². The number of amides is 2. The van der Waals surface area contributed by atoms with Crippen molar-refractivity contribution in [3.63, 3.8) is 0 Å². The molecule has 0 fully saturated rings. The number of rotatable bonds is 5. The molecule has 0 aliphatic carbocycles. The van der Waals surface area contributed by atoms with Crippen molar-refractivity contribution in [3.05, 3.63) is 75.4 Å². The Morgan fingerprint density at radius 3 is 2.69 bits per heavy atom. The van der Waals surface area contributed by atoms with Crippen LogP contribution in [-0.2, 0) is 0 Å². The lowest BCUT2D eigenvalue weighted by Crippen LogP contribution is -2.40. The molecule has 3 aromatic rings. The van der Waals surface area contributed by atoms with Gasteiger partial charge in [0.25, 0.3) is 11.8 Å². The van der Waals surface area contributed by atoms with Gasteiger partial charge in [-0.3, -0.25) is 9.59 Å². The highest BCUT2D eigenvalue weighted by atomic mass is 35.5. The molecule has 0 saturated carbocycles. The average molecular weight is 429 g/mol. The second kappa shape index (κ2) is 8.55. The van der Waals surface area contributed by atoms with Crippen LogP contribution in [0.2, 0.25) is 5.02 Å². The van der Waals surface area contributed by atoms with Crippen molar-refractivity contribution >= 4 is 40.4 Å². The largest absolute Gasteiger partial charge is 0.486 e. The Bertz CT molecular complexity index is 1040. The summed E-state index contributed by atoms with van der Waals surface area (Å²) in [5, 5.41) is 7.74. The maximum absolute atomic E-state index is 12.5. The van der Waals surface area contributed by atoms with Gasteiger partial charge in [0.1, 0.15) is 12.7 Å². The minimum Gasteiger partial charge on any atom is -0.486 e. The van der Waals surface area contributed by atoms with E-state index in [4.69, 9.17) is 21.1 Å². The van der Waals surface area contributed by atoms with Gasteiger partial charge in [0.15, 0.2) is 11.5 Å². The molecule has 1 unspecified atom stereocenters. The summed E-state index contributed by atoms with van der Waals surface area (Å²) in [5.41, 5.74) is 0.761. The minimum absolute atomic E-state index is 0.272. The third-order valence-electron chi connectivity index (χ3n) is 4.28. The minimum atomic E-state index is -0.296. The Kier molecular flexibility index (Phi) is 5.69. The molecule has 1 aliphatic rings. The van der Waals surface area contributed by atoms with Crippen molar-refractivity contribution in [2.75, 3.05) is 18.5 Å². The SMILES string of the molecule is O=C(NCC1COc2ccccc2O1)c1ccc(Cl)c(NC(=O)c2cccs2)c1. The third kappa shape index (κ3) is 4.52. The van der Waals surface area contributed by atoms with E-state index in [1.165, 1.54) is 11.3 Å². The zero-order chi connectivity index (χ0) is 20.2. The van der Waals surface area contributed by atoms with Gasteiger partial charge >= 0.3 is 0 Å². The first kappa shape index (κ1) is 19.3. The second-order valence-corrected chi connectivity index (χ2v) is 7.69. The van der Waals surface area contributed by atoms with Crippen molar-refractivity contribution in [3.8, 4) is 11.5 Å². The summed E-state index contributed by atoms with van der Waals surface area (Å²) in [5.74, 6) is 0.781. The van der Waals surface area contributed by atoms with Gasteiger partial charge in [-0.1, -0.05) is 29.8 Å². The molecule has 1 aromatic heterocycles. The van der Waals surface area contributed by atoms with Crippen LogP contribution in [0.3, 0.4) is 0 Å². The standard InChI is InChI=1S/C21H17ClN2O4S/c22-15-8-7-13(10-16(15)24-21(26)19-6-3-9-29-19)20(25)23-11-14-12-27-17-4-1-2-5-18(17)28-14/h1-10,14H,11-12H2,(H,23,25)(H,24,26). The monoisotopic (exact) mass is 428 g/mol. The average Bonchev–Trinajstić information content (AvgIpc) is 3.28. The molecular formula is C21H17ClN2O4S. The summed E-state index contributed by atoms with van der Waals surface area (Å²) >= 11 is 7.50. The van der Waals surface area contributed by atoms with Crippen LogP contribution in [0.25, 0.3) is 0 Å². The van der Waals surface area contributed by atoms with Crippen LogP contribution in [0, 0.1) is 0 Å². The zero-order valence-electron chi connectivity index (χ0n) is 15.2. The smallest absolute Gasteiger partial charge is 0.265 e. The van der Waals surface area contributed by atoms with E-state index in [0.717, 1.165) is 0 Å². The Balaban J connectivity index is 1.38. The number of halogens is 1.